The molecule has 0 aliphatic heterocycles. The highest BCUT2D eigenvalue weighted by Crippen LogP contribution is 2.25. The first-order valence-corrected chi connectivity index (χ1v) is 7.49. The molecular formula is C16H17N3O6. The summed E-state index contributed by atoms with van der Waals surface area (Å²) in [6, 6.07) is 6.25. The van der Waals surface area contributed by atoms with E-state index in [9.17, 15) is 19.7 Å². The first-order chi connectivity index (χ1) is 11.8. The van der Waals surface area contributed by atoms with E-state index in [0.29, 0.717) is 11.4 Å². The van der Waals surface area contributed by atoms with Crippen molar-refractivity contribution in [2.24, 2.45) is 0 Å². The van der Waals surface area contributed by atoms with Gasteiger partial charge in [0.15, 0.2) is 6.61 Å². The molecule has 2 aromatic rings. The van der Waals surface area contributed by atoms with Crippen molar-refractivity contribution in [2.45, 2.75) is 20.8 Å². The van der Waals surface area contributed by atoms with E-state index in [0.717, 1.165) is 0 Å². The lowest BCUT2D eigenvalue weighted by Gasteiger charge is -2.07. The minimum atomic E-state index is -0.703. The number of benzene rings is 1. The number of carbonyl (C=O) groups is 2. The van der Waals surface area contributed by atoms with E-state index in [4.69, 9.17) is 4.74 Å². The number of nitrogens with zero attached hydrogens (tertiary/aromatic N) is 3. The van der Waals surface area contributed by atoms with E-state index in [2.05, 4.69) is 9.84 Å². The van der Waals surface area contributed by atoms with Crippen LogP contribution in [0.1, 0.15) is 28.7 Å². The molecule has 132 valence electrons. The molecule has 1 heterocycles. The second-order valence-corrected chi connectivity index (χ2v) is 5.12. The Morgan fingerprint density at radius 3 is 2.60 bits per heavy atom. The van der Waals surface area contributed by atoms with Crippen LogP contribution >= 0.6 is 0 Å². The third kappa shape index (κ3) is 4.00. The van der Waals surface area contributed by atoms with Crippen LogP contribution in [0.5, 0.6) is 0 Å². The lowest BCUT2D eigenvalue weighted by Crippen LogP contribution is -2.16. The molecule has 0 aliphatic carbocycles. The zero-order chi connectivity index (χ0) is 18.6. The molecule has 9 nitrogen and oxygen atoms in total. The number of esters is 2. The maximum atomic E-state index is 12.0. The van der Waals surface area contributed by atoms with Crippen LogP contribution in [0, 0.1) is 24.0 Å². The van der Waals surface area contributed by atoms with Gasteiger partial charge in [0.2, 0.25) is 0 Å². The third-order valence-corrected chi connectivity index (χ3v) is 3.39. The van der Waals surface area contributed by atoms with Crippen LogP contribution in [-0.2, 0) is 14.3 Å². The van der Waals surface area contributed by atoms with Crippen LogP contribution in [0.3, 0.4) is 0 Å². The molecule has 0 unspecified atom stereocenters. The molecule has 9 heteroatoms. The lowest BCUT2D eigenvalue weighted by molar-refractivity contribution is -0.386. The Bertz CT molecular complexity index is 827. The van der Waals surface area contributed by atoms with Crippen LogP contribution in [0.25, 0.3) is 5.69 Å². The molecule has 0 spiro atoms. The molecule has 0 fully saturated rings. The Labute approximate surface area is 143 Å². The van der Waals surface area contributed by atoms with Gasteiger partial charge < -0.3 is 9.47 Å². The summed E-state index contributed by atoms with van der Waals surface area (Å²) >= 11 is 0. The number of ether oxygens (including phenoxy) is 2. The van der Waals surface area contributed by atoms with Crippen LogP contribution in [0.2, 0.25) is 0 Å². The summed E-state index contributed by atoms with van der Waals surface area (Å²) in [6.07, 6.45) is 0. The van der Waals surface area contributed by atoms with Crippen molar-refractivity contribution in [3.05, 3.63) is 51.3 Å². The Kier molecular flexibility index (Phi) is 5.48. The fraction of sp³-hybridized carbons (Fsp3) is 0.312. The van der Waals surface area contributed by atoms with Gasteiger partial charge in [-0.15, -0.1) is 0 Å². The van der Waals surface area contributed by atoms with Crippen LogP contribution in [0.15, 0.2) is 24.3 Å². The van der Waals surface area contributed by atoms with Crippen molar-refractivity contribution in [1.29, 1.82) is 0 Å². The van der Waals surface area contributed by atoms with Gasteiger partial charge in [0, 0.05) is 0 Å². The van der Waals surface area contributed by atoms with E-state index < -0.39 is 23.5 Å². The van der Waals surface area contributed by atoms with Crippen molar-refractivity contribution in [3.8, 4) is 5.69 Å². The summed E-state index contributed by atoms with van der Waals surface area (Å²) in [5.41, 5.74) is 1.21. The van der Waals surface area contributed by atoms with Gasteiger partial charge in [0.05, 0.1) is 22.8 Å². The zero-order valence-corrected chi connectivity index (χ0v) is 14.0. The van der Waals surface area contributed by atoms with Gasteiger partial charge in [-0.25, -0.2) is 14.3 Å². The predicted molar refractivity (Wildman–Crippen MR) is 86.6 cm³/mol. The standard InChI is InChI=1S/C16H17N3O6/c1-4-24-14(20)9-25-16(21)12-6-5-7-13(8-12)18-11(3)15(19(22)23)10(2)17-18/h5-8H,4,9H2,1-3H3. The average molecular weight is 347 g/mol. The Hall–Kier alpha value is -3.23. The van der Waals surface area contributed by atoms with Gasteiger partial charge in [-0.2, -0.15) is 5.10 Å². The molecule has 1 aromatic heterocycles. The monoisotopic (exact) mass is 347 g/mol. The van der Waals surface area contributed by atoms with E-state index in [1.165, 1.54) is 16.8 Å². The number of aromatic nitrogens is 2. The van der Waals surface area contributed by atoms with E-state index in [1.54, 1.807) is 32.9 Å². The maximum absolute atomic E-state index is 12.0. The van der Waals surface area contributed by atoms with Gasteiger partial charge >= 0.3 is 17.6 Å². The topological polar surface area (TPSA) is 114 Å². The molecule has 0 aliphatic rings. The second kappa shape index (κ2) is 7.56. The highest BCUT2D eigenvalue weighted by molar-refractivity contribution is 5.91. The number of hydrogen-bond donors (Lipinski definition) is 0. The first-order valence-electron chi connectivity index (χ1n) is 7.49. The molecule has 25 heavy (non-hydrogen) atoms. The second-order valence-electron chi connectivity index (χ2n) is 5.12. The quantitative estimate of drug-likeness (QED) is 0.446. The van der Waals surface area contributed by atoms with Gasteiger partial charge in [0.25, 0.3) is 0 Å². The average Bonchev–Trinajstić information content (AvgIpc) is 2.87. The zero-order valence-electron chi connectivity index (χ0n) is 14.0. The van der Waals surface area contributed by atoms with Crippen LogP contribution in [-0.4, -0.2) is 39.9 Å². The summed E-state index contributed by atoms with van der Waals surface area (Å²) < 4.78 is 10.9. The molecule has 0 amide bonds. The molecule has 1 aromatic carbocycles. The number of rotatable bonds is 6. The minimum Gasteiger partial charge on any atom is -0.463 e. The normalized spacial score (nSPS) is 10.4. The third-order valence-electron chi connectivity index (χ3n) is 3.39. The van der Waals surface area contributed by atoms with Crippen molar-refractivity contribution in [2.75, 3.05) is 13.2 Å². The molecule has 0 saturated carbocycles. The summed E-state index contributed by atoms with van der Waals surface area (Å²) in [5, 5.41) is 15.2. The minimum absolute atomic E-state index is 0.0738. The maximum Gasteiger partial charge on any atom is 0.344 e. The number of nitro groups is 1. The highest BCUT2D eigenvalue weighted by Gasteiger charge is 2.23. The van der Waals surface area contributed by atoms with Crippen LogP contribution in [0.4, 0.5) is 5.69 Å². The Morgan fingerprint density at radius 1 is 1.28 bits per heavy atom. The summed E-state index contributed by atoms with van der Waals surface area (Å²) in [4.78, 5) is 33.9. The van der Waals surface area contributed by atoms with Gasteiger partial charge in [-0.3, -0.25) is 10.1 Å². The molecule has 0 bridgehead atoms. The van der Waals surface area contributed by atoms with Gasteiger partial charge in [-0.05, 0) is 39.0 Å². The smallest absolute Gasteiger partial charge is 0.344 e. The van der Waals surface area contributed by atoms with Crippen molar-refractivity contribution in [3.63, 3.8) is 0 Å². The fourth-order valence-electron chi connectivity index (χ4n) is 2.33. The van der Waals surface area contributed by atoms with E-state index in [1.807, 2.05) is 0 Å². The highest BCUT2D eigenvalue weighted by atomic mass is 16.6. The molecule has 0 atom stereocenters. The van der Waals surface area contributed by atoms with E-state index >= 15 is 0 Å². The number of aryl methyl sites for hydroxylation is 1. The molecule has 2 rings (SSSR count). The fourth-order valence-corrected chi connectivity index (χ4v) is 2.33. The Balaban J connectivity index is 2.25. The van der Waals surface area contributed by atoms with Crippen molar-refractivity contribution in [1.82, 2.24) is 9.78 Å². The molecule has 0 saturated heterocycles. The van der Waals surface area contributed by atoms with Crippen molar-refractivity contribution >= 4 is 17.6 Å². The van der Waals surface area contributed by atoms with Crippen LogP contribution < -0.4 is 0 Å². The Morgan fingerprint density at radius 2 is 2.00 bits per heavy atom. The first kappa shape index (κ1) is 18.1. The lowest BCUT2D eigenvalue weighted by atomic mass is 10.2. The summed E-state index contributed by atoms with van der Waals surface area (Å²) in [7, 11) is 0. The molecule has 0 radical (unpaired) electrons. The predicted octanol–water partition coefficient (Wildman–Crippen LogP) is 2.12. The molecule has 0 N–H and O–H groups in total. The van der Waals surface area contributed by atoms with Crippen molar-refractivity contribution < 1.29 is 24.0 Å². The SMILES string of the molecule is CCOC(=O)COC(=O)c1cccc(-n2nc(C)c([N+](=O)[O-])c2C)c1. The largest absolute Gasteiger partial charge is 0.463 e. The number of hydrogen-bond acceptors (Lipinski definition) is 7. The summed E-state index contributed by atoms with van der Waals surface area (Å²) in [6.45, 7) is 4.48. The van der Waals surface area contributed by atoms with E-state index in [-0.39, 0.29) is 23.6 Å². The number of carbonyl (C=O) groups excluding carboxylic acids is 2. The van der Waals surface area contributed by atoms with Gasteiger partial charge in [-0.1, -0.05) is 6.07 Å². The van der Waals surface area contributed by atoms with Gasteiger partial charge in [0.1, 0.15) is 11.4 Å². The molecular weight excluding hydrogens is 330 g/mol. The summed E-state index contributed by atoms with van der Waals surface area (Å²) in [5.74, 6) is -1.34.